The van der Waals surface area contributed by atoms with Crippen molar-refractivity contribution in [1.82, 2.24) is 10.2 Å². The average Bonchev–Trinajstić information content (AvgIpc) is 2.18. The molecule has 0 aromatic carbocycles. The third-order valence-corrected chi connectivity index (χ3v) is 3.48. The first-order valence-corrected chi connectivity index (χ1v) is 5.84. The maximum atomic E-state index is 5.47. The predicted octanol–water partition coefficient (Wildman–Crippen LogP) is 0.848. The summed E-state index contributed by atoms with van der Waals surface area (Å²) >= 11 is 0. The number of rotatable bonds is 1. The summed E-state index contributed by atoms with van der Waals surface area (Å²) in [5, 5.41) is 3.51. The maximum Gasteiger partial charge on any atom is 0.0619 e. The Morgan fingerprint density at radius 2 is 2.21 bits per heavy atom. The van der Waals surface area contributed by atoms with Gasteiger partial charge in [0.05, 0.1) is 13.2 Å². The quantitative estimate of drug-likeness (QED) is 0.676. The molecule has 0 aromatic heterocycles. The van der Waals surface area contributed by atoms with Gasteiger partial charge in [0.25, 0.3) is 0 Å². The topological polar surface area (TPSA) is 24.5 Å². The highest BCUT2D eigenvalue weighted by Crippen LogP contribution is 2.19. The molecule has 3 nitrogen and oxygen atoms in total. The van der Waals surface area contributed by atoms with E-state index >= 15 is 0 Å². The second-order valence-corrected chi connectivity index (χ2v) is 4.70. The van der Waals surface area contributed by atoms with Crippen molar-refractivity contribution in [1.29, 1.82) is 0 Å². The lowest BCUT2D eigenvalue weighted by Gasteiger charge is -2.42. The Bertz CT molecular complexity index is 186. The molecule has 2 heterocycles. The number of ether oxygens (including phenoxy) is 1. The van der Waals surface area contributed by atoms with Gasteiger partial charge in [0, 0.05) is 24.7 Å². The van der Waals surface area contributed by atoms with Gasteiger partial charge in [-0.2, -0.15) is 0 Å². The van der Waals surface area contributed by atoms with E-state index in [-0.39, 0.29) is 0 Å². The number of nitrogens with one attached hydrogen (secondary N) is 1. The number of nitrogens with zero attached hydrogens (tertiary/aromatic N) is 1. The zero-order valence-corrected chi connectivity index (χ0v) is 9.33. The van der Waals surface area contributed by atoms with Gasteiger partial charge in [-0.3, -0.25) is 4.90 Å². The van der Waals surface area contributed by atoms with Crippen molar-refractivity contribution < 1.29 is 4.74 Å². The molecule has 3 heteroatoms. The van der Waals surface area contributed by atoms with E-state index in [0.717, 1.165) is 25.8 Å². The summed E-state index contributed by atoms with van der Waals surface area (Å²) in [5.41, 5.74) is 0. The zero-order chi connectivity index (χ0) is 9.97. The van der Waals surface area contributed by atoms with Crippen LogP contribution < -0.4 is 5.32 Å². The van der Waals surface area contributed by atoms with Crippen LogP contribution in [0.5, 0.6) is 0 Å². The summed E-state index contributed by atoms with van der Waals surface area (Å²) in [6, 6.07) is 2.08. The maximum absolute atomic E-state index is 5.47. The normalized spacial score (nSPS) is 41.1. The van der Waals surface area contributed by atoms with Crippen LogP contribution in [-0.4, -0.2) is 49.3 Å². The van der Waals surface area contributed by atoms with Gasteiger partial charge >= 0.3 is 0 Å². The molecule has 2 aliphatic rings. The predicted molar refractivity (Wildman–Crippen MR) is 57.5 cm³/mol. The zero-order valence-electron chi connectivity index (χ0n) is 9.33. The van der Waals surface area contributed by atoms with Gasteiger partial charge in [-0.05, 0) is 33.2 Å². The van der Waals surface area contributed by atoms with E-state index in [9.17, 15) is 0 Å². The van der Waals surface area contributed by atoms with E-state index in [4.69, 9.17) is 4.74 Å². The molecule has 3 unspecified atom stereocenters. The van der Waals surface area contributed by atoms with E-state index in [0.29, 0.717) is 12.1 Å². The van der Waals surface area contributed by atoms with Crippen molar-refractivity contribution in [2.24, 2.45) is 0 Å². The summed E-state index contributed by atoms with van der Waals surface area (Å²) in [4.78, 5) is 2.64. The van der Waals surface area contributed by atoms with E-state index in [1.54, 1.807) is 0 Å². The van der Waals surface area contributed by atoms with Crippen LogP contribution in [0.15, 0.2) is 0 Å². The van der Waals surface area contributed by atoms with E-state index in [1.807, 2.05) is 0 Å². The van der Waals surface area contributed by atoms with Crippen LogP contribution in [0.25, 0.3) is 0 Å². The van der Waals surface area contributed by atoms with Gasteiger partial charge < -0.3 is 10.1 Å². The number of piperidine rings is 1. The minimum Gasteiger partial charge on any atom is -0.379 e. The minimum atomic E-state index is 0.610. The Morgan fingerprint density at radius 3 is 2.93 bits per heavy atom. The van der Waals surface area contributed by atoms with Crippen molar-refractivity contribution >= 4 is 0 Å². The van der Waals surface area contributed by atoms with Crippen LogP contribution in [0.4, 0.5) is 0 Å². The lowest BCUT2D eigenvalue weighted by molar-refractivity contribution is -0.0303. The Kier molecular flexibility index (Phi) is 3.42. The molecule has 0 saturated carbocycles. The fourth-order valence-corrected chi connectivity index (χ4v) is 2.69. The Labute approximate surface area is 86.8 Å². The number of hydrogen-bond donors (Lipinski definition) is 1. The second kappa shape index (κ2) is 4.60. The Morgan fingerprint density at radius 1 is 1.36 bits per heavy atom. The summed E-state index contributed by atoms with van der Waals surface area (Å²) in [6.07, 6.45) is 2.60. The van der Waals surface area contributed by atoms with Crippen molar-refractivity contribution in [3.63, 3.8) is 0 Å². The SMILES string of the molecule is CC1CC(N2CCOCC2C)CCN1. The first-order chi connectivity index (χ1) is 6.77. The Balaban J connectivity index is 1.91. The molecule has 2 saturated heterocycles. The van der Waals surface area contributed by atoms with Crippen LogP contribution in [0, 0.1) is 0 Å². The van der Waals surface area contributed by atoms with Gasteiger partial charge in [0.1, 0.15) is 0 Å². The van der Waals surface area contributed by atoms with Crippen LogP contribution in [0.3, 0.4) is 0 Å². The molecule has 0 bridgehead atoms. The fourth-order valence-electron chi connectivity index (χ4n) is 2.69. The van der Waals surface area contributed by atoms with Crippen LogP contribution in [-0.2, 0) is 4.74 Å². The van der Waals surface area contributed by atoms with Crippen LogP contribution in [0.1, 0.15) is 26.7 Å². The van der Waals surface area contributed by atoms with Gasteiger partial charge in [-0.1, -0.05) is 0 Å². The van der Waals surface area contributed by atoms with Crippen molar-refractivity contribution in [2.75, 3.05) is 26.3 Å². The van der Waals surface area contributed by atoms with Crippen LogP contribution >= 0.6 is 0 Å². The lowest BCUT2D eigenvalue weighted by atomic mass is 9.97. The average molecular weight is 198 g/mol. The molecule has 1 N–H and O–H groups in total. The summed E-state index contributed by atoms with van der Waals surface area (Å²) in [5.74, 6) is 0. The minimum absolute atomic E-state index is 0.610. The molecule has 0 aliphatic carbocycles. The Hall–Kier alpha value is -0.120. The highest BCUT2D eigenvalue weighted by Gasteiger charge is 2.29. The first-order valence-electron chi connectivity index (χ1n) is 5.84. The molecule has 0 aromatic rings. The van der Waals surface area contributed by atoms with E-state index in [1.165, 1.54) is 19.4 Å². The van der Waals surface area contributed by atoms with Gasteiger partial charge in [-0.15, -0.1) is 0 Å². The molecule has 0 radical (unpaired) electrons. The molecule has 2 fully saturated rings. The molecule has 2 aliphatic heterocycles. The standard InChI is InChI=1S/C11H22N2O/c1-9-7-11(3-4-12-9)13-5-6-14-8-10(13)2/h9-12H,3-8H2,1-2H3. The van der Waals surface area contributed by atoms with Crippen molar-refractivity contribution in [3.05, 3.63) is 0 Å². The molecular weight excluding hydrogens is 176 g/mol. The molecule has 0 amide bonds. The largest absolute Gasteiger partial charge is 0.379 e. The van der Waals surface area contributed by atoms with Gasteiger partial charge in [0.2, 0.25) is 0 Å². The monoisotopic (exact) mass is 198 g/mol. The third-order valence-electron chi connectivity index (χ3n) is 3.48. The molecule has 3 atom stereocenters. The number of morpholine rings is 1. The molecule has 0 spiro atoms. The summed E-state index contributed by atoms with van der Waals surface area (Å²) < 4.78 is 5.47. The van der Waals surface area contributed by atoms with E-state index in [2.05, 4.69) is 24.1 Å². The van der Waals surface area contributed by atoms with Crippen molar-refractivity contribution in [3.8, 4) is 0 Å². The third kappa shape index (κ3) is 2.27. The highest BCUT2D eigenvalue weighted by molar-refractivity contribution is 4.85. The summed E-state index contributed by atoms with van der Waals surface area (Å²) in [7, 11) is 0. The van der Waals surface area contributed by atoms with Gasteiger partial charge in [0.15, 0.2) is 0 Å². The number of hydrogen-bond acceptors (Lipinski definition) is 3. The molecule has 2 rings (SSSR count). The van der Waals surface area contributed by atoms with Gasteiger partial charge in [-0.25, -0.2) is 0 Å². The van der Waals surface area contributed by atoms with Crippen LogP contribution in [0.2, 0.25) is 0 Å². The summed E-state index contributed by atoms with van der Waals surface area (Å²) in [6.45, 7) is 8.71. The second-order valence-electron chi connectivity index (χ2n) is 4.70. The smallest absolute Gasteiger partial charge is 0.0619 e. The van der Waals surface area contributed by atoms with Crippen molar-refractivity contribution in [2.45, 2.75) is 44.8 Å². The molecular formula is C11H22N2O. The lowest BCUT2D eigenvalue weighted by Crippen LogP contribution is -2.54. The highest BCUT2D eigenvalue weighted by atomic mass is 16.5. The van der Waals surface area contributed by atoms with E-state index < -0.39 is 0 Å². The fraction of sp³-hybridized carbons (Fsp3) is 1.00. The molecule has 14 heavy (non-hydrogen) atoms. The molecule has 82 valence electrons. The first kappa shape index (κ1) is 10.4.